The van der Waals surface area contributed by atoms with Crippen molar-refractivity contribution in [2.75, 3.05) is 18.4 Å². The van der Waals surface area contributed by atoms with Crippen LogP contribution in [0, 0.1) is 13.8 Å². The molecule has 0 saturated carbocycles. The lowest BCUT2D eigenvalue weighted by molar-refractivity contribution is -0.914. The molecule has 1 heterocycles. The molecule has 0 aliphatic carbocycles. The molecule has 1 fully saturated rings. The van der Waals surface area contributed by atoms with Gasteiger partial charge in [-0.05, 0) is 57.6 Å². The van der Waals surface area contributed by atoms with Crippen LogP contribution in [0.25, 0.3) is 0 Å². The van der Waals surface area contributed by atoms with E-state index in [2.05, 4.69) is 38.2 Å². The number of anilines is 1. The Kier molecular flexibility index (Phi) is 5.80. The van der Waals surface area contributed by atoms with Crippen LogP contribution in [0.2, 0.25) is 0 Å². The Balaban J connectivity index is 2.01. The molecule has 1 saturated heterocycles. The predicted octanol–water partition coefficient (Wildman–Crippen LogP) is 2.48. The maximum atomic E-state index is 12.6. The number of hydrogen-bond acceptors (Lipinski definition) is 1. The minimum absolute atomic E-state index is 0.0297. The maximum Gasteiger partial charge on any atom is 0.282 e. The van der Waals surface area contributed by atoms with E-state index in [1.807, 2.05) is 6.07 Å². The standard InChI is InChI=1S/C18H28N2O/c1-14-10-9-11-15(2)17(14)19-18(21)16(3)20-12-7-5-4-6-8-13-20/h9-11,16H,4-8,12-13H2,1-3H3,(H,19,21)/p+1/t16-/m0/s1. The van der Waals surface area contributed by atoms with Crippen LogP contribution in [0.5, 0.6) is 0 Å². The molecule has 3 heteroatoms. The van der Waals surface area contributed by atoms with Crippen molar-refractivity contribution in [3.05, 3.63) is 29.3 Å². The number of nitrogens with one attached hydrogen (secondary N) is 2. The van der Waals surface area contributed by atoms with Gasteiger partial charge in [0.2, 0.25) is 0 Å². The Labute approximate surface area is 128 Å². The molecule has 2 N–H and O–H groups in total. The molecule has 116 valence electrons. The quantitative estimate of drug-likeness (QED) is 0.880. The number of hydrogen-bond donors (Lipinski definition) is 2. The second-order valence-electron chi connectivity index (χ2n) is 6.40. The smallest absolute Gasteiger partial charge is 0.282 e. The Morgan fingerprint density at radius 1 is 1.05 bits per heavy atom. The zero-order valence-electron chi connectivity index (χ0n) is 13.7. The van der Waals surface area contributed by atoms with Gasteiger partial charge in [-0.1, -0.05) is 24.6 Å². The summed E-state index contributed by atoms with van der Waals surface area (Å²) in [7, 11) is 0. The van der Waals surface area contributed by atoms with Gasteiger partial charge in [0.1, 0.15) is 0 Å². The van der Waals surface area contributed by atoms with Crippen molar-refractivity contribution < 1.29 is 9.69 Å². The number of amides is 1. The fourth-order valence-corrected chi connectivity index (χ4v) is 3.22. The zero-order valence-corrected chi connectivity index (χ0v) is 13.7. The van der Waals surface area contributed by atoms with Gasteiger partial charge in [-0.25, -0.2) is 0 Å². The molecule has 1 aromatic carbocycles. The molecule has 1 amide bonds. The molecule has 1 aliphatic rings. The molecule has 0 bridgehead atoms. The normalized spacial score (nSPS) is 18.6. The second-order valence-corrected chi connectivity index (χ2v) is 6.40. The number of rotatable bonds is 3. The van der Waals surface area contributed by atoms with Gasteiger partial charge >= 0.3 is 0 Å². The zero-order chi connectivity index (χ0) is 15.2. The van der Waals surface area contributed by atoms with E-state index in [1.54, 1.807) is 0 Å². The van der Waals surface area contributed by atoms with Crippen LogP contribution in [-0.4, -0.2) is 25.0 Å². The van der Waals surface area contributed by atoms with Gasteiger partial charge < -0.3 is 10.2 Å². The van der Waals surface area contributed by atoms with Gasteiger partial charge in [-0.2, -0.15) is 0 Å². The highest BCUT2D eigenvalue weighted by atomic mass is 16.2. The van der Waals surface area contributed by atoms with Gasteiger partial charge in [-0.15, -0.1) is 0 Å². The van der Waals surface area contributed by atoms with E-state index in [0.717, 1.165) is 29.9 Å². The van der Waals surface area contributed by atoms with Crippen molar-refractivity contribution >= 4 is 11.6 Å². The number of aryl methyl sites for hydroxylation is 2. The summed E-state index contributed by atoms with van der Waals surface area (Å²) in [5.74, 6) is 0.156. The van der Waals surface area contributed by atoms with E-state index < -0.39 is 0 Å². The van der Waals surface area contributed by atoms with E-state index in [4.69, 9.17) is 0 Å². The number of benzene rings is 1. The van der Waals surface area contributed by atoms with Gasteiger partial charge in [0.05, 0.1) is 13.1 Å². The van der Waals surface area contributed by atoms with Crippen LogP contribution in [0.4, 0.5) is 5.69 Å². The fourth-order valence-electron chi connectivity index (χ4n) is 3.22. The SMILES string of the molecule is Cc1cccc(C)c1NC(=O)[C@H](C)[NH+]1CCCCCCC1. The summed E-state index contributed by atoms with van der Waals surface area (Å²) < 4.78 is 0. The molecule has 2 rings (SSSR count). The summed E-state index contributed by atoms with van der Waals surface area (Å²) in [4.78, 5) is 14.0. The van der Waals surface area contributed by atoms with E-state index >= 15 is 0 Å². The van der Waals surface area contributed by atoms with Crippen LogP contribution >= 0.6 is 0 Å². The summed E-state index contributed by atoms with van der Waals surface area (Å²) >= 11 is 0. The first-order valence-electron chi connectivity index (χ1n) is 8.31. The minimum atomic E-state index is 0.0297. The monoisotopic (exact) mass is 289 g/mol. The molecule has 0 aromatic heterocycles. The van der Waals surface area contributed by atoms with Crippen molar-refractivity contribution in [3.8, 4) is 0 Å². The summed E-state index contributed by atoms with van der Waals surface area (Å²) in [5.41, 5.74) is 3.26. The average Bonchev–Trinajstić information content (AvgIpc) is 2.42. The number of carbonyl (C=O) groups excluding carboxylic acids is 1. The molecule has 0 spiro atoms. The minimum Gasteiger partial charge on any atom is -0.325 e. The molecule has 0 radical (unpaired) electrons. The van der Waals surface area contributed by atoms with Crippen molar-refractivity contribution in [3.63, 3.8) is 0 Å². The van der Waals surface area contributed by atoms with Crippen molar-refractivity contribution in [2.24, 2.45) is 0 Å². The topological polar surface area (TPSA) is 33.5 Å². The van der Waals surface area contributed by atoms with Crippen LogP contribution in [0.1, 0.15) is 50.2 Å². The number of para-hydroxylation sites is 1. The van der Waals surface area contributed by atoms with E-state index in [9.17, 15) is 4.79 Å². The van der Waals surface area contributed by atoms with Gasteiger partial charge in [0.15, 0.2) is 6.04 Å². The summed E-state index contributed by atoms with van der Waals surface area (Å²) in [6.45, 7) is 8.43. The molecule has 1 aliphatic heterocycles. The van der Waals surface area contributed by atoms with E-state index in [1.165, 1.54) is 37.0 Å². The summed E-state index contributed by atoms with van der Waals surface area (Å²) in [6, 6.07) is 6.17. The lowest BCUT2D eigenvalue weighted by atomic mass is 10.1. The van der Waals surface area contributed by atoms with Crippen molar-refractivity contribution in [1.82, 2.24) is 0 Å². The Morgan fingerprint density at radius 2 is 1.57 bits per heavy atom. The van der Waals surface area contributed by atoms with Crippen molar-refractivity contribution in [1.29, 1.82) is 0 Å². The fraction of sp³-hybridized carbons (Fsp3) is 0.611. The van der Waals surface area contributed by atoms with Crippen LogP contribution in [0.3, 0.4) is 0 Å². The molecule has 0 unspecified atom stereocenters. The summed E-state index contributed by atoms with van der Waals surface area (Å²) in [5, 5.41) is 3.15. The van der Waals surface area contributed by atoms with E-state index in [0.29, 0.717) is 0 Å². The Morgan fingerprint density at radius 3 is 2.14 bits per heavy atom. The number of carbonyl (C=O) groups is 1. The molecule has 21 heavy (non-hydrogen) atoms. The van der Waals surface area contributed by atoms with Crippen LogP contribution < -0.4 is 10.2 Å². The van der Waals surface area contributed by atoms with Crippen LogP contribution in [0.15, 0.2) is 18.2 Å². The van der Waals surface area contributed by atoms with Crippen LogP contribution in [-0.2, 0) is 4.79 Å². The van der Waals surface area contributed by atoms with Crippen molar-refractivity contribution in [2.45, 2.75) is 58.9 Å². The molecular formula is C18H29N2O+. The third-order valence-corrected chi connectivity index (χ3v) is 4.73. The molecule has 1 atom stereocenters. The number of likely N-dealkylation sites (tertiary alicyclic amines) is 1. The summed E-state index contributed by atoms with van der Waals surface area (Å²) in [6.07, 6.45) is 6.48. The Hall–Kier alpha value is -1.35. The highest BCUT2D eigenvalue weighted by Gasteiger charge is 2.25. The average molecular weight is 289 g/mol. The third-order valence-electron chi connectivity index (χ3n) is 4.73. The highest BCUT2D eigenvalue weighted by Crippen LogP contribution is 2.19. The largest absolute Gasteiger partial charge is 0.325 e. The second kappa shape index (κ2) is 7.60. The first-order valence-corrected chi connectivity index (χ1v) is 8.31. The molecule has 3 nitrogen and oxygen atoms in total. The van der Waals surface area contributed by atoms with Gasteiger partial charge in [0, 0.05) is 5.69 Å². The lowest BCUT2D eigenvalue weighted by Crippen LogP contribution is -3.16. The number of quaternary nitrogens is 1. The third kappa shape index (κ3) is 4.31. The first-order chi connectivity index (χ1) is 10.1. The highest BCUT2D eigenvalue weighted by molar-refractivity contribution is 5.95. The predicted molar refractivity (Wildman–Crippen MR) is 87.8 cm³/mol. The molecule has 1 aromatic rings. The maximum absolute atomic E-state index is 12.6. The Bertz CT molecular complexity index is 456. The first kappa shape index (κ1) is 16.0. The lowest BCUT2D eigenvalue weighted by Gasteiger charge is -2.27. The molecular weight excluding hydrogens is 260 g/mol. The van der Waals surface area contributed by atoms with Gasteiger partial charge in [-0.3, -0.25) is 4.79 Å². The van der Waals surface area contributed by atoms with Gasteiger partial charge in [0.25, 0.3) is 5.91 Å². The van der Waals surface area contributed by atoms with E-state index in [-0.39, 0.29) is 11.9 Å².